The van der Waals surface area contributed by atoms with Crippen LogP contribution in [0.1, 0.15) is 24.8 Å². The average molecular weight is 363 g/mol. The van der Waals surface area contributed by atoms with Gasteiger partial charge in [-0.1, -0.05) is 6.07 Å². The summed E-state index contributed by atoms with van der Waals surface area (Å²) in [4.78, 5) is 4.29. The molecule has 2 heterocycles. The van der Waals surface area contributed by atoms with Gasteiger partial charge in [-0.3, -0.25) is 4.99 Å². The molecular weight excluding hydrogens is 334 g/mol. The highest BCUT2D eigenvalue weighted by Gasteiger charge is 2.34. The molecule has 3 N–H and O–H groups in total. The Kier molecular flexibility index (Phi) is 6.57. The number of aliphatic hydroxyl groups excluding tert-OH is 1. The zero-order chi connectivity index (χ0) is 18.2. The Morgan fingerprint density at radius 3 is 2.77 bits per heavy atom. The third-order valence-corrected chi connectivity index (χ3v) is 4.95. The molecule has 1 aromatic rings. The first-order chi connectivity index (χ1) is 12.7. The zero-order valence-electron chi connectivity index (χ0n) is 15.4. The fourth-order valence-corrected chi connectivity index (χ4v) is 3.31. The maximum absolute atomic E-state index is 9.33. The van der Waals surface area contributed by atoms with E-state index in [1.807, 2.05) is 18.2 Å². The van der Waals surface area contributed by atoms with Crippen molar-refractivity contribution in [3.63, 3.8) is 0 Å². The number of aliphatic imine (C=N–C) groups is 1. The summed E-state index contributed by atoms with van der Waals surface area (Å²) in [7, 11) is 1.76. The van der Waals surface area contributed by atoms with Gasteiger partial charge in [-0.05, 0) is 30.5 Å². The van der Waals surface area contributed by atoms with Crippen molar-refractivity contribution < 1.29 is 19.3 Å². The molecule has 0 radical (unpaired) electrons. The first kappa shape index (κ1) is 18.8. The Labute approximate surface area is 154 Å². The summed E-state index contributed by atoms with van der Waals surface area (Å²) in [5, 5.41) is 16.0. The topological polar surface area (TPSA) is 84.3 Å². The molecule has 0 aromatic heterocycles. The molecule has 0 aliphatic carbocycles. The van der Waals surface area contributed by atoms with Crippen molar-refractivity contribution in [2.24, 2.45) is 10.4 Å². The van der Waals surface area contributed by atoms with Crippen molar-refractivity contribution >= 4 is 5.96 Å². The number of hydrogen-bond donors (Lipinski definition) is 3. The lowest BCUT2D eigenvalue weighted by atomic mass is 9.84. The fourth-order valence-electron chi connectivity index (χ4n) is 3.31. The van der Waals surface area contributed by atoms with Gasteiger partial charge in [0, 0.05) is 45.2 Å². The summed E-state index contributed by atoms with van der Waals surface area (Å²) in [5.41, 5.74) is 1.09. The molecule has 1 saturated heterocycles. The number of benzene rings is 1. The first-order valence-electron chi connectivity index (χ1n) is 9.26. The third kappa shape index (κ3) is 4.80. The zero-order valence-corrected chi connectivity index (χ0v) is 15.4. The molecule has 0 saturated carbocycles. The largest absolute Gasteiger partial charge is 0.490 e. The van der Waals surface area contributed by atoms with Crippen LogP contribution in [0.2, 0.25) is 0 Å². The van der Waals surface area contributed by atoms with Crippen molar-refractivity contribution in [2.75, 3.05) is 46.6 Å². The van der Waals surface area contributed by atoms with Gasteiger partial charge in [0.15, 0.2) is 17.5 Å². The molecule has 7 heteroatoms. The van der Waals surface area contributed by atoms with Crippen LogP contribution in [-0.2, 0) is 11.3 Å². The summed E-state index contributed by atoms with van der Waals surface area (Å²) in [5.74, 6) is 2.34. The Bertz CT molecular complexity index is 615. The van der Waals surface area contributed by atoms with Crippen LogP contribution in [0.15, 0.2) is 23.2 Å². The van der Waals surface area contributed by atoms with Gasteiger partial charge in [-0.2, -0.15) is 0 Å². The molecule has 1 unspecified atom stereocenters. The van der Waals surface area contributed by atoms with Gasteiger partial charge in [-0.25, -0.2) is 0 Å². The second kappa shape index (κ2) is 9.09. The Hall–Kier alpha value is -1.99. The van der Waals surface area contributed by atoms with Crippen LogP contribution in [-0.4, -0.2) is 57.7 Å². The quantitative estimate of drug-likeness (QED) is 0.522. The van der Waals surface area contributed by atoms with Crippen molar-refractivity contribution in [3.05, 3.63) is 23.8 Å². The minimum absolute atomic E-state index is 0.0123. The van der Waals surface area contributed by atoms with E-state index in [2.05, 4.69) is 15.6 Å². The molecule has 2 aliphatic heterocycles. The summed E-state index contributed by atoms with van der Waals surface area (Å²) in [6.45, 7) is 4.36. The van der Waals surface area contributed by atoms with Crippen molar-refractivity contribution in [3.8, 4) is 11.5 Å². The molecular formula is C19H29N3O4. The number of fused-ring (bicyclic) bond motifs is 1. The second-order valence-corrected chi connectivity index (χ2v) is 6.89. The van der Waals surface area contributed by atoms with Crippen LogP contribution in [0.5, 0.6) is 11.5 Å². The van der Waals surface area contributed by atoms with Gasteiger partial charge >= 0.3 is 0 Å². The molecule has 1 aromatic carbocycles. The summed E-state index contributed by atoms with van der Waals surface area (Å²) >= 11 is 0. The first-order valence-corrected chi connectivity index (χ1v) is 9.26. The van der Waals surface area contributed by atoms with Crippen LogP contribution in [0.3, 0.4) is 0 Å². The predicted molar refractivity (Wildman–Crippen MR) is 99.8 cm³/mol. The van der Waals surface area contributed by atoms with Gasteiger partial charge < -0.3 is 30.0 Å². The van der Waals surface area contributed by atoms with Gasteiger partial charge in [0.1, 0.15) is 0 Å². The lowest BCUT2D eigenvalue weighted by Gasteiger charge is -2.27. The normalized spacial score (nSPS) is 22.8. The van der Waals surface area contributed by atoms with Crippen molar-refractivity contribution in [2.45, 2.75) is 25.8 Å². The van der Waals surface area contributed by atoms with Gasteiger partial charge in [0.05, 0.1) is 19.8 Å². The fraction of sp³-hybridized carbons (Fsp3) is 0.632. The second-order valence-electron chi connectivity index (χ2n) is 6.89. The molecule has 0 spiro atoms. The van der Waals surface area contributed by atoms with Gasteiger partial charge in [-0.15, -0.1) is 0 Å². The molecule has 1 fully saturated rings. The van der Waals surface area contributed by atoms with Crippen LogP contribution in [0.4, 0.5) is 0 Å². The number of nitrogens with zero attached hydrogens (tertiary/aromatic N) is 1. The van der Waals surface area contributed by atoms with E-state index in [1.165, 1.54) is 0 Å². The molecule has 0 bridgehead atoms. The van der Waals surface area contributed by atoms with E-state index in [-0.39, 0.29) is 12.0 Å². The van der Waals surface area contributed by atoms with Gasteiger partial charge in [0.2, 0.25) is 0 Å². The lowest BCUT2D eigenvalue weighted by molar-refractivity contribution is 0.127. The van der Waals surface area contributed by atoms with Crippen molar-refractivity contribution in [1.82, 2.24) is 10.6 Å². The predicted octanol–water partition coefficient (Wildman–Crippen LogP) is 1.30. The summed E-state index contributed by atoms with van der Waals surface area (Å²) in [6, 6.07) is 6.00. The van der Waals surface area contributed by atoms with E-state index < -0.39 is 0 Å². The summed E-state index contributed by atoms with van der Waals surface area (Å²) < 4.78 is 16.9. The van der Waals surface area contributed by atoms with E-state index in [0.29, 0.717) is 26.4 Å². The maximum atomic E-state index is 9.33. The van der Waals surface area contributed by atoms with Crippen LogP contribution < -0.4 is 20.1 Å². The monoisotopic (exact) mass is 363 g/mol. The molecule has 1 atom stereocenters. The average Bonchev–Trinajstić information content (AvgIpc) is 2.99. The number of rotatable bonds is 6. The standard InChI is InChI=1S/C19H29N3O4/c1-20-18(22-13-19(5-7-23)6-10-24-14-19)21-12-15-3-4-16-17(11-15)26-9-2-8-25-16/h3-4,11,23H,2,5-10,12-14H2,1H3,(H2,20,21,22). The van der Waals surface area contributed by atoms with Crippen LogP contribution in [0.25, 0.3) is 0 Å². The van der Waals surface area contributed by atoms with E-state index in [9.17, 15) is 5.11 Å². The molecule has 144 valence electrons. The highest BCUT2D eigenvalue weighted by molar-refractivity contribution is 5.79. The molecule has 2 aliphatic rings. The minimum Gasteiger partial charge on any atom is -0.490 e. The highest BCUT2D eigenvalue weighted by Crippen LogP contribution is 2.31. The molecule has 3 rings (SSSR count). The minimum atomic E-state index is -0.0123. The number of aliphatic hydroxyl groups is 1. The lowest BCUT2D eigenvalue weighted by Crippen LogP contribution is -2.44. The van der Waals surface area contributed by atoms with E-state index in [4.69, 9.17) is 14.2 Å². The van der Waals surface area contributed by atoms with Crippen LogP contribution >= 0.6 is 0 Å². The molecule has 26 heavy (non-hydrogen) atoms. The molecule has 7 nitrogen and oxygen atoms in total. The van der Waals surface area contributed by atoms with E-state index in [0.717, 1.165) is 55.4 Å². The Morgan fingerprint density at radius 1 is 1.19 bits per heavy atom. The number of ether oxygens (including phenoxy) is 3. The maximum Gasteiger partial charge on any atom is 0.191 e. The van der Waals surface area contributed by atoms with E-state index in [1.54, 1.807) is 7.05 Å². The number of hydrogen-bond acceptors (Lipinski definition) is 5. The van der Waals surface area contributed by atoms with Crippen molar-refractivity contribution in [1.29, 1.82) is 0 Å². The Balaban J connectivity index is 1.53. The number of nitrogens with one attached hydrogen (secondary N) is 2. The van der Waals surface area contributed by atoms with E-state index >= 15 is 0 Å². The van der Waals surface area contributed by atoms with Crippen LogP contribution in [0, 0.1) is 5.41 Å². The summed E-state index contributed by atoms with van der Waals surface area (Å²) in [6.07, 6.45) is 2.59. The molecule has 0 amide bonds. The number of guanidine groups is 1. The Morgan fingerprint density at radius 2 is 2.04 bits per heavy atom. The SMILES string of the molecule is CN=C(NCc1ccc2c(c1)OCCCO2)NCC1(CCO)CCOC1. The highest BCUT2D eigenvalue weighted by atomic mass is 16.5. The third-order valence-electron chi connectivity index (χ3n) is 4.95. The van der Waals surface area contributed by atoms with Gasteiger partial charge in [0.25, 0.3) is 0 Å². The smallest absolute Gasteiger partial charge is 0.191 e.